The van der Waals surface area contributed by atoms with Crippen molar-refractivity contribution in [2.24, 2.45) is 0 Å². The van der Waals surface area contributed by atoms with Crippen LogP contribution in [0.1, 0.15) is 108 Å². The van der Waals surface area contributed by atoms with E-state index in [1.54, 1.807) is 0 Å². The van der Waals surface area contributed by atoms with Crippen LogP contribution in [0, 0.1) is 6.92 Å². The summed E-state index contributed by atoms with van der Waals surface area (Å²) in [4.78, 5) is 7.67. The van der Waals surface area contributed by atoms with Crippen molar-refractivity contribution in [2.45, 2.75) is 110 Å². The Morgan fingerprint density at radius 1 is 0.727 bits per heavy atom. The first-order valence-corrected chi connectivity index (χ1v) is 9.83. The van der Waals surface area contributed by atoms with Crippen LogP contribution in [0.25, 0.3) is 0 Å². The molecule has 0 saturated heterocycles. The minimum Gasteiger partial charge on any atom is -0.346 e. The maximum Gasteiger partial charge on any atom is 0.106 e. The lowest BCUT2D eigenvalue weighted by molar-refractivity contribution is 0.534. The summed E-state index contributed by atoms with van der Waals surface area (Å²) in [6.45, 7) is 4.36. The van der Waals surface area contributed by atoms with Gasteiger partial charge in [0.05, 0.1) is 0 Å². The number of rotatable bonds is 15. The first kappa shape index (κ1) is 19.3. The number of hydrogen-bond donors (Lipinski definition) is 1. The van der Waals surface area contributed by atoms with E-state index in [-0.39, 0.29) is 0 Å². The Balaban J connectivity index is 1.73. The highest BCUT2D eigenvalue weighted by atomic mass is 14.9. The van der Waals surface area contributed by atoms with Gasteiger partial charge in [0.1, 0.15) is 5.82 Å². The summed E-state index contributed by atoms with van der Waals surface area (Å²) < 4.78 is 0. The third-order valence-electron chi connectivity index (χ3n) is 4.52. The summed E-state index contributed by atoms with van der Waals surface area (Å²) in [6, 6.07) is 0. The molecule has 2 heteroatoms. The second-order valence-electron chi connectivity index (χ2n) is 6.86. The van der Waals surface area contributed by atoms with Crippen LogP contribution in [-0.2, 0) is 6.42 Å². The van der Waals surface area contributed by atoms with Gasteiger partial charge in [-0.25, -0.2) is 4.98 Å². The molecule has 0 aliphatic carbocycles. The Labute approximate surface area is 138 Å². The number of hydrogen-bond acceptors (Lipinski definition) is 1. The summed E-state index contributed by atoms with van der Waals surface area (Å²) in [5, 5.41) is 0. The molecule has 1 heterocycles. The number of aryl methyl sites for hydroxylation is 2. The van der Waals surface area contributed by atoms with Crippen molar-refractivity contribution in [3.63, 3.8) is 0 Å². The van der Waals surface area contributed by atoms with E-state index >= 15 is 0 Å². The maximum absolute atomic E-state index is 4.36. The predicted octanol–water partition coefficient (Wildman–Crippen LogP) is 6.74. The van der Waals surface area contributed by atoms with Crippen LogP contribution in [-0.4, -0.2) is 9.97 Å². The van der Waals surface area contributed by atoms with Crippen LogP contribution in [0.3, 0.4) is 0 Å². The molecule has 0 unspecified atom stereocenters. The molecule has 0 amide bonds. The fourth-order valence-electron chi connectivity index (χ4n) is 3.08. The smallest absolute Gasteiger partial charge is 0.106 e. The second-order valence-corrected chi connectivity index (χ2v) is 6.86. The van der Waals surface area contributed by atoms with Crippen molar-refractivity contribution in [3.05, 3.63) is 17.7 Å². The average Bonchev–Trinajstić information content (AvgIpc) is 2.93. The number of nitrogens with zero attached hydrogens (tertiary/aromatic N) is 1. The Morgan fingerprint density at radius 3 is 1.59 bits per heavy atom. The highest BCUT2D eigenvalue weighted by Crippen LogP contribution is 2.13. The molecule has 0 aliphatic heterocycles. The van der Waals surface area contributed by atoms with Gasteiger partial charge in [0.15, 0.2) is 0 Å². The molecule has 0 spiro atoms. The van der Waals surface area contributed by atoms with Gasteiger partial charge in [-0.05, 0) is 13.3 Å². The zero-order chi connectivity index (χ0) is 15.9. The van der Waals surface area contributed by atoms with Gasteiger partial charge in [-0.3, -0.25) is 0 Å². The summed E-state index contributed by atoms with van der Waals surface area (Å²) in [5.41, 5.74) is 1.18. The van der Waals surface area contributed by atoms with E-state index in [1.807, 2.05) is 6.20 Å². The Bertz CT molecular complexity index is 343. The van der Waals surface area contributed by atoms with Crippen LogP contribution in [0.2, 0.25) is 0 Å². The van der Waals surface area contributed by atoms with Gasteiger partial charge in [-0.2, -0.15) is 0 Å². The number of aromatic nitrogens is 2. The van der Waals surface area contributed by atoms with E-state index in [1.165, 1.54) is 95.6 Å². The molecule has 1 aromatic rings. The van der Waals surface area contributed by atoms with Gasteiger partial charge in [-0.1, -0.05) is 90.4 Å². The number of imidazole rings is 1. The van der Waals surface area contributed by atoms with Gasteiger partial charge >= 0.3 is 0 Å². The Kier molecular flexibility index (Phi) is 12.1. The number of nitrogens with one attached hydrogen (secondary N) is 1. The average molecular weight is 307 g/mol. The molecule has 0 aromatic carbocycles. The van der Waals surface area contributed by atoms with Crippen molar-refractivity contribution in [1.29, 1.82) is 0 Å². The monoisotopic (exact) mass is 306 g/mol. The Hall–Kier alpha value is -0.790. The second kappa shape index (κ2) is 13.8. The summed E-state index contributed by atoms with van der Waals surface area (Å²) >= 11 is 0. The van der Waals surface area contributed by atoms with Crippen LogP contribution in [0.15, 0.2) is 6.20 Å². The molecule has 0 aliphatic rings. The molecule has 0 radical (unpaired) electrons. The maximum atomic E-state index is 4.36. The highest BCUT2D eigenvalue weighted by molar-refractivity contribution is 4.98. The molecular weight excluding hydrogens is 268 g/mol. The van der Waals surface area contributed by atoms with Crippen molar-refractivity contribution in [1.82, 2.24) is 9.97 Å². The van der Waals surface area contributed by atoms with E-state index in [2.05, 4.69) is 23.8 Å². The third kappa shape index (κ3) is 10.9. The van der Waals surface area contributed by atoms with Gasteiger partial charge in [0.25, 0.3) is 0 Å². The topological polar surface area (TPSA) is 28.7 Å². The standard InChI is InChI=1S/C20H38N2/c1-3-4-5-6-7-8-9-10-11-12-13-14-15-16-17-20-21-18-19(2)22-20/h18H,3-17H2,1-2H3,(H,21,22). The van der Waals surface area contributed by atoms with Gasteiger partial charge < -0.3 is 4.98 Å². The lowest BCUT2D eigenvalue weighted by Gasteiger charge is -2.03. The molecule has 0 bridgehead atoms. The summed E-state index contributed by atoms with van der Waals surface area (Å²) in [5.74, 6) is 1.16. The molecule has 0 saturated carbocycles. The van der Waals surface area contributed by atoms with E-state index in [9.17, 15) is 0 Å². The molecule has 128 valence electrons. The molecular formula is C20H38N2. The molecule has 0 atom stereocenters. The minimum absolute atomic E-state index is 1.12. The normalized spacial score (nSPS) is 11.2. The molecule has 1 rings (SSSR count). The van der Waals surface area contributed by atoms with Crippen LogP contribution < -0.4 is 0 Å². The SMILES string of the molecule is CCCCCCCCCCCCCCCCc1ncc(C)[nH]1. The van der Waals surface area contributed by atoms with E-state index in [0.717, 1.165) is 12.2 Å². The van der Waals surface area contributed by atoms with Crippen LogP contribution >= 0.6 is 0 Å². The first-order valence-electron chi connectivity index (χ1n) is 9.83. The van der Waals surface area contributed by atoms with Crippen molar-refractivity contribution in [3.8, 4) is 0 Å². The van der Waals surface area contributed by atoms with Crippen LogP contribution in [0.4, 0.5) is 0 Å². The molecule has 22 heavy (non-hydrogen) atoms. The number of aromatic amines is 1. The highest BCUT2D eigenvalue weighted by Gasteiger charge is 1.97. The van der Waals surface area contributed by atoms with Gasteiger partial charge in [0.2, 0.25) is 0 Å². The van der Waals surface area contributed by atoms with Crippen molar-refractivity contribution >= 4 is 0 Å². The predicted molar refractivity (Wildman–Crippen MR) is 97.3 cm³/mol. The minimum atomic E-state index is 1.12. The van der Waals surface area contributed by atoms with Crippen molar-refractivity contribution in [2.75, 3.05) is 0 Å². The largest absolute Gasteiger partial charge is 0.346 e. The summed E-state index contributed by atoms with van der Waals surface area (Å²) in [7, 11) is 0. The summed E-state index contributed by atoms with van der Waals surface area (Å²) in [6.07, 6.45) is 23.0. The van der Waals surface area contributed by atoms with Gasteiger partial charge in [0, 0.05) is 18.3 Å². The zero-order valence-electron chi connectivity index (χ0n) is 15.1. The molecule has 1 N–H and O–H groups in total. The molecule has 0 fully saturated rings. The number of H-pyrrole nitrogens is 1. The zero-order valence-corrected chi connectivity index (χ0v) is 15.1. The van der Waals surface area contributed by atoms with E-state index in [4.69, 9.17) is 0 Å². The van der Waals surface area contributed by atoms with Crippen molar-refractivity contribution < 1.29 is 0 Å². The van der Waals surface area contributed by atoms with E-state index in [0.29, 0.717) is 0 Å². The fourth-order valence-corrected chi connectivity index (χ4v) is 3.08. The lowest BCUT2D eigenvalue weighted by Crippen LogP contribution is -1.89. The third-order valence-corrected chi connectivity index (χ3v) is 4.52. The lowest BCUT2D eigenvalue weighted by atomic mass is 10.0. The quantitative estimate of drug-likeness (QED) is 0.357. The Morgan fingerprint density at radius 2 is 1.18 bits per heavy atom. The van der Waals surface area contributed by atoms with Crippen LogP contribution in [0.5, 0.6) is 0 Å². The fraction of sp³-hybridized carbons (Fsp3) is 0.850. The molecule has 1 aromatic heterocycles. The molecule has 2 nitrogen and oxygen atoms in total. The number of unbranched alkanes of at least 4 members (excludes halogenated alkanes) is 13. The van der Waals surface area contributed by atoms with Gasteiger partial charge in [-0.15, -0.1) is 0 Å². The first-order chi connectivity index (χ1) is 10.8. The van der Waals surface area contributed by atoms with E-state index < -0.39 is 0 Å².